The lowest BCUT2D eigenvalue weighted by atomic mass is 10.2. The number of hydrogen-bond donors (Lipinski definition) is 1. The van der Waals surface area contributed by atoms with Crippen LogP contribution in [0, 0.1) is 0 Å². The molecule has 4 rings (SSSR count). The Balaban J connectivity index is 1.55. The van der Waals surface area contributed by atoms with Crippen LogP contribution in [0.15, 0.2) is 17.5 Å². The molecule has 5 heteroatoms. The highest BCUT2D eigenvalue weighted by atomic mass is 32.1. The van der Waals surface area contributed by atoms with Crippen LogP contribution in [0.5, 0.6) is 0 Å². The fraction of sp³-hybridized carbons (Fsp3) is 0.688. The maximum atomic E-state index is 12.9. The SMILES string of the molecule is CC(CN1CCCC1)N1C(=O)C2(CC2)NC1c1cccs1. The van der Waals surface area contributed by atoms with Crippen molar-refractivity contribution >= 4 is 17.2 Å². The lowest BCUT2D eigenvalue weighted by Crippen LogP contribution is -2.44. The third-order valence-corrected chi connectivity index (χ3v) is 6.02. The maximum absolute atomic E-state index is 12.9. The van der Waals surface area contributed by atoms with Crippen LogP contribution in [0.4, 0.5) is 0 Å². The predicted octanol–water partition coefficient (Wildman–Crippen LogP) is 2.20. The number of carbonyl (C=O) groups excluding carboxylic acids is 1. The minimum atomic E-state index is -0.228. The number of likely N-dealkylation sites (tertiary alicyclic amines) is 1. The summed E-state index contributed by atoms with van der Waals surface area (Å²) in [6.45, 7) is 5.59. The van der Waals surface area contributed by atoms with E-state index in [0.717, 1.165) is 19.4 Å². The van der Waals surface area contributed by atoms with Gasteiger partial charge in [0, 0.05) is 17.5 Å². The molecule has 0 aromatic carbocycles. The third kappa shape index (κ3) is 2.31. The van der Waals surface area contributed by atoms with Gasteiger partial charge in [0.25, 0.3) is 0 Å². The van der Waals surface area contributed by atoms with Gasteiger partial charge in [0.05, 0.1) is 0 Å². The van der Waals surface area contributed by atoms with Gasteiger partial charge in [0.15, 0.2) is 0 Å². The Morgan fingerprint density at radius 3 is 2.81 bits per heavy atom. The van der Waals surface area contributed by atoms with E-state index in [1.165, 1.54) is 30.8 Å². The molecular formula is C16H23N3OS. The van der Waals surface area contributed by atoms with Gasteiger partial charge in [0.2, 0.25) is 5.91 Å². The zero-order valence-electron chi connectivity index (χ0n) is 12.5. The lowest BCUT2D eigenvalue weighted by molar-refractivity contribution is -0.133. The van der Waals surface area contributed by atoms with Crippen molar-refractivity contribution in [3.8, 4) is 0 Å². The highest BCUT2D eigenvalue weighted by molar-refractivity contribution is 7.10. The first kappa shape index (κ1) is 13.7. The smallest absolute Gasteiger partial charge is 0.244 e. The third-order valence-electron chi connectivity index (χ3n) is 5.09. The highest BCUT2D eigenvalue weighted by Gasteiger charge is 2.60. The Hall–Kier alpha value is -0.910. The normalized spacial score (nSPS) is 29.5. The number of nitrogens with zero attached hydrogens (tertiary/aromatic N) is 2. The number of rotatable bonds is 4. The van der Waals surface area contributed by atoms with Crippen LogP contribution in [0.2, 0.25) is 0 Å². The molecule has 21 heavy (non-hydrogen) atoms. The number of amides is 1. The van der Waals surface area contributed by atoms with Gasteiger partial charge in [-0.3, -0.25) is 10.1 Å². The fourth-order valence-corrected chi connectivity index (χ4v) is 4.55. The Morgan fingerprint density at radius 1 is 1.43 bits per heavy atom. The first-order valence-electron chi connectivity index (χ1n) is 8.06. The Bertz CT molecular complexity index is 520. The van der Waals surface area contributed by atoms with Crippen LogP contribution in [0.3, 0.4) is 0 Å². The van der Waals surface area contributed by atoms with Gasteiger partial charge < -0.3 is 9.80 Å². The number of hydrogen-bond acceptors (Lipinski definition) is 4. The summed E-state index contributed by atoms with van der Waals surface area (Å²) in [7, 11) is 0. The molecule has 2 aliphatic heterocycles. The highest BCUT2D eigenvalue weighted by Crippen LogP contribution is 2.47. The topological polar surface area (TPSA) is 35.6 Å². The summed E-state index contributed by atoms with van der Waals surface area (Å²) in [5, 5.41) is 5.72. The predicted molar refractivity (Wildman–Crippen MR) is 84.1 cm³/mol. The number of nitrogens with one attached hydrogen (secondary N) is 1. The summed E-state index contributed by atoms with van der Waals surface area (Å²) in [6.07, 6.45) is 4.69. The molecule has 114 valence electrons. The molecule has 0 radical (unpaired) electrons. The molecule has 1 saturated carbocycles. The molecule has 3 heterocycles. The molecule has 3 aliphatic rings. The molecule has 2 saturated heterocycles. The lowest BCUT2D eigenvalue weighted by Gasteiger charge is -2.32. The zero-order chi connectivity index (χ0) is 14.4. The molecule has 2 unspecified atom stereocenters. The molecule has 1 aliphatic carbocycles. The summed E-state index contributed by atoms with van der Waals surface area (Å²) in [6, 6.07) is 4.50. The van der Waals surface area contributed by atoms with Gasteiger partial charge in [-0.1, -0.05) is 6.07 Å². The molecular weight excluding hydrogens is 282 g/mol. The quantitative estimate of drug-likeness (QED) is 0.926. The zero-order valence-corrected chi connectivity index (χ0v) is 13.4. The molecule has 4 nitrogen and oxygen atoms in total. The fourth-order valence-electron chi connectivity index (χ4n) is 3.78. The van der Waals surface area contributed by atoms with Crippen molar-refractivity contribution in [1.29, 1.82) is 0 Å². The van der Waals surface area contributed by atoms with Gasteiger partial charge in [0.1, 0.15) is 11.7 Å². The van der Waals surface area contributed by atoms with E-state index in [4.69, 9.17) is 0 Å². The van der Waals surface area contributed by atoms with E-state index in [1.807, 2.05) is 0 Å². The number of thiophene rings is 1. The maximum Gasteiger partial charge on any atom is 0.244 e. The van der Waals surface area contributed by atoms with Crippen LogP contribution < -0.4 is 5.32 Å². The van der Waals surface area contributed by atoms with Gasteiger partial charge in [-0.2, -0.15) is 0 Å². The van der Waals surface area contributed by atoms with Crippen molar-refractivity contribution in [3.05, 3.63) is 22.4 Å². The van der Waals surface area contributed by atoms with Crippen molar-refractivity contribution < 1.29 is 4.79 Å². The second kappa shape index (κ2) is 5.07. The van der Waals surface area contributed by atoms with Gasteiger partial charge >= 0.3 is 0 Å². The first-order chi connectivity index (χ1) is 10.2. The first-order valence-corrected chi connectivity index (χ1v) is 8.94. The van der Waals surface area contributed by atoms with E-state index in [9.17, 15) is 4.79 Å². The molecule has 2 atom stereocenters. The molecule has 1 aromatic rings. The van der Waals surface area contributed by atoms with Crippen molar-refractivity contribution in [1.82, 2.24) is 15.1 Å². The van der Waals surface area contributed by atoms with Crippen molar-refractivity contribution in [2.75, 3.05) is 19.6 Å². The molecule has 1 N–H and O–H groups in total. The number of carbonyl (C=O) groups is 1. The average Bonchev–Trinajstić information content (AvgIpc) is 2.90. The molecule has 0 bridgehead atoms. The van der Waals surface area contributed by atoms with Crippen LogP contribution in [0.25, 0.3) is 0 Å². The summed E-state index contributed by atoms with van der Waals surface area (Å²) in [5.41, 5.74) is -0.228. The van der Waals surface area contributed by atoms with Gasteiger partial charge in [-0.25, -0.2) is 0 Å². The minimum Gasteiger partial charge on any atom is -0.316 e. The molecule has 1 spiro atoms. The van der Waals surface area contributed by atoms with E-state index in [0.29, 0.717) is 5.91 Å². The van der Waals surface area contributed by atoms with Crippen molar-refractivity contribution in [3.63, 3.8) is 0 Å². The summed E-state index contributed by atoms with van der Waals surface area (Å²) in [5.74, 6) is 0.326. The van der Waals surface area contributed by atoms with Crippen molar-refractivity contribution in [2.24, 2.45) is 0 Å². The van der Waals surface area contributed by atoms with E-state index >= 15 is 0 Å². The van der Waals surface area contributed by atoms with E-state index in [1.54, 1.807) is 11.3 Å². The monoisotopic (exact) mass is 305 g/mol. The molecule has 3 fully saturated rings. The summed E-state index contributed by atoms with van der Waals surface area (Å²) >= 11 is 1.74. The average molecular weight is 305 g/mol. The van der Waals surface area contributed by atoms with E-state index < -0.39 is 0 Å². The van der Waals surface area contributed by atoms with E-state index in [2.05, 4.69) is 39.6 Å². The molecule has 1 amide bonds. The minimum absolute atomic E-state index is 0.0811. The second-order valence-electron chi connectivity index (χ2n) is 6.71. The summed E-state index contributed by atoms with van der Waals surface area (Å²) < 4.78 is 0. The molecule has 1 aromatic heterocycles. The van der Waals surface area contributed by atoms with Crippen LogP contribution in [0.1, 0.15) is 43.6 Å². The van der Waals surface area contributed by atoms with Crippen LogP contribution in [-0.4, -0.2) is 46.9 Å². The van der Waals surface area contributed by atoms with E-state index in [-0.39, 0.29) is 17.7 Å². The standard InChI is InChI=1S/C16H23N3OS/c1-12(11-18-8-2-3-9-18)19-14(13-5-4-10-21-13)17-16(6-7-16)15(19)20/h4-5,10,12,14,17H,2-3,6-9,11H2,1H3. The van der Waals surface area contributed by atoms with Crippen LogP contribution in [-0.2, 0) is 4.79 Å². The van der Waals surface area contributed by atoms with Gasteiger partial charge in [-0.15, -0.1) is 11.3 Å². The Labute approximate surface area is 130 Å². The Kier molecular flexibility index (Phi) is 3.32. The van der Waals surface area contributed by atoms with Crippen molar-refractivity contribution in [2.45, 2.75) is 50.4 Å². The van der Waals surface area contributed by atoms with Gasteiger partial charge in [-0.05, 0) is 57.1 Å². The van der Waals surface area contributed by atoms with Crippen LogP contribution >= 0.6 is 11.3 Å². The largest absolute Gasteiger partial charge is 0.316 e. The Morgan fingerprint density at radius 2 is 2.19 bits per heavy atom. The second-order valence-corrected chi connectivity index (χ2v) is 7.69. The summed E-state index contributed by atoms with van der Waals surface area (Å²) in [4.78, 5) is 18.7.